The first-order chi connectivity index (χ1) is 7.51. The van der Waals surface area contributed by atoms with Crippen molar-refractivity contribution in [1.82, 2.24) is 0 Å². The molecule has 0 unspecified atom stereocenters. The van der Waals surface area contributed by atoms with E-state index in [1.54, 1.807) is 18.2 Å². The quantitative estimate of drug-likeness (QED) is 0.864. The van der Waals surface area contributed by atoms with Gasteiger partial charge >= 0.3 is 6.36 Å². The lowest BCUT2D eigenvalue weighted by atomic mass is 10.2. The predicted molar refractivity (Wildman–Crippen MR) is 55.8 cm³/mol. The van der Waals surface area contributed by atoms with E-state index in [-0.39, 0.29) is 5.75 Å². The van der Waals surface area contributed by atoms with Gasteiger partial charge in [0.05, 0.1) is 0 Å². The second-order valence-electron chi connectivity index (χ2n) is 3.10. The molecule has 0 fully saturated rings. The van der Waals surface area contributed by atoms with E-state index in [9.17, 15) is 13.2 Å². The lowest BCUT2D eigenvalue weighted by molar-refractivity contribution is -0.274. The molecule has 5 heteroatoms. The summed E-state index contributed by atoms with van der Waals surface area (Å²) in [6.07, 6.45) is -0.248. The number of rotatable bonds is 4. The van der Waals surface area contributed by atoms with Crippen molar-refractivity contribution in [3.63, 3.8) is 0 Å². The van der Waals surface area contributed by atoms with E-state index in [4.69, 9.17) is 5.73 Å². The highest BCUT2D eigenvalue weighted by atomic mass is 19.4. The maximum Gasteiger partial charge on any atom is 0.573 e. The van der Waals surface area contributed by atoms with E-state index in [1.165, 1.54) is 12.1 Å². The van der Waals surface area contributed by atoms with E-state index in [0.717, 1.165) is 12.0 Å². The van der Waals surface area contributed by atoms with Crippen LogP contribution in [0, 0.1) is 0 Å². The third-order valence-electron chi connectivity index (χ3n) is 1.76. The fourth-order valence-corrected chi connectivity index (χ4v) is 1.10. The Morgan fingerprint density at radius 1 is 1.19 bits per heavy atom. The number of ether oxygens (including phenoxy) is 1. The normalized spacial score (nSPS) is 12.0. The maximum atomic E-state index is 11.8. The van der Waals surface area contributed by atoms with Crippen LogP contribution in [0.3, 0.4) is 0 Å². The van der Waals surface area contributed by atoms with Gasteiger partial charge in [0.25, 0.3) is 0 Å². The minimum absolute atomic E-state index is 0.219. The number of hydrogen-bond donors (Lipinski definition) is 1. The number of halogens is 3. The summed E-state index contributed by atoms with van der Waals surface area (Å²) in [6.45, 7) is 0.547. The summed E-state index contributed by atoms with van der Waals surface area (Å²) in [4.78, 5) is 0. The first-order valence-corrected chi connectivity index (χ1v) is 4.74. The third-order valence-corrected chi connectivity index (χ3v) is 1.76. The van der Waals surface area contributed by atoms with E-state index in [2.05, 4.69) is 4.74 Å². The van der Waals surface area contributed by atoms with Gasteiger partial charge in [0.2, 0.25) is 0 Å². The SMILES string of the molecule is NCC/C=C/c1ccc(OC(F)(F)F)cc1. The Morgan fingerprint density at radius 3 is 2.31 bits per heavy atom. The molecule has 0 bridgehead atoms. The van der Waals surface area contributed by atoms with Crippen molar-refractivity contribution in [2.24, 2.45) is 5.73 Å². The molecule has 2 nitrogen and oxygen atoms in total. The van der Waals surface area contributed by atoms with Crippen LogP contribution in [-0.4, -0.2) is 12.9 Å². The van der Waals surface area contributed by atoms with Gasteiger partial charge in [0, 0.05) is 0 Å². The molecule has 0 aromatic heterocycles. The van der Waals surface area contributed by atoms with Gasteiger partial charge in [-0.3, -0.25) is 0 Å². The molecule has 16 heavy (non-hydrogen) atoms. The van der Waals surface area contributed by atoms with Gasteiger partial charge in [-0.05, 0) is 30.7 Å². The van der Waals surface area contributed by atoms with E-state index >= 15 is 0 Å². The largest absolute Gasteiger partial charge is 0.573 e. The van der Waals surface area contributed by atoms with Crippen LogP contribution in [0.15, 0.2) is 30.3 Å². The van der Waals surface area contributed by atoms with Crippen molar-refractivity contribution in [2.75, 3.05) is 6.54 Å². The summed E-state index contributed by atoms with van der Waals surface area (Å²) in [5.74, 6) is -0.219. The average Bonchev–Trinajstić information content (AvgIpc) is 2.19. The van der Waals surface area contributed by atoms with Gasteiger partial charge in [0.1, 0.15) is 5.75 Å². The van der Waals surface area contributed by atoms with Gasteiger partial charge in [-0.1, -0.05) is 24.3 Å². The van der Waals surface area contributed by atoms with E-state index < -0.39 is 6.36 Å². The highest BCUT2D eigenvalue weighted by molar-refractivity contribution is 5.50. The molecule has 88 valence electrons. The van der Waals surface area contributed by atoms with Crippen molar-refractivity contribution in [1.29, 1.82) is 0 Å². The number of nitrogens with two attached hydrogens (primary N) is 1. The molecule has 0 aliphatic carbocycles. The molecule has 1 rings (SSSR count). The Labute approximate surface area is 91.5 Å². The minimum atomic E-state index is -4.64. The highest BCUT2D eigenvalue weighted by Crippen LogP contribution is 2.22. The molecule has 0 saturated heterocycles. The number of benzene rings is 1. The zero-order valence-electron chi connectivity index (χ0n) is 8.50. The molecule has 0 aliphatic heterocycles. The van der Waals surface area contributed by atoms with Crippen molar-refractivity contribution in [2.45, 2.75) is 12.8 Å². The zero-order chi connectivity index (χ0) is 12.0. The fraction of sp³-hybridized carbons (Fsp3) is 0.273. The van der Waals surface area contributed by atoms with Crippen LogP contribution in [0.4, 0.5) is 13.2 Å². The molecule has 0 atom stereocenters. The Morgan fingerprint density at radius 2 is 1.81 bits per heavy atom. The summed E-state index contributed by atoms with van der Waals surface area (Å²) < 4.78 is 39.3. The standard InChI is InChI=1S/C11H12F3NO/c12-11(13,14)16-10-6-4-9(5-7-10)3-1-2-8-15/h1,3-7H,2,8,15H2/b3-1+. The van der Waals surface area contributed by atoms with Crippen LogP contribution in [0.2, 0.25) is 0 Å². The number of alkyl halides is 3. The lowest BCUT2D eigenvalue weighted by Crippen LogP contribution is -2.16. The summed E-state index contributed by atoms with van der Waals surface area (Å²) >= 11 is 0. The molecule has 0 aliphatic rings. The molecule has 1 aromatic carbocycles. The molecule has 2 N–H and O–H groups in total. The van der Waals surface area contributed by atoms with Crippen molar-refractivity contribution in [3.8, 4) is 5.75 Å². The molecule has 0 saturated carbocycles. The first kappa shape index (κ1) is 12.6. The first-order valence-electron chi connectivity index (χ1n) is 4.74. The molecule has 0 spiro atoms. The molecule has 1 aromatic rings. The van der Waals surface area contributed by atoms with E-state index in [0.29, 0.717) is 6.54 Å². The van der Waals surface area contributed by atoms with Crippen LogP contribution >= 0.6 is 0 Å². The molecule has 0 radical (unpaired) electrons. The van der Waals surface area contributed by atoms with Crippen molar-refractivity contribution in [3.05, 3.63) is 35.9 Å². The topological polar surface area (TPSA) is 35.2 Å². The maximum absolute atomic E-state index is 11.8. The Hall–Kier alpha value is -1.49. The Kier molecular flexibility index (Phi) is 4.37. The monoisotopic (exact) mass is 231 g/mol. The van der Waals surface area contributed by atoms with Crippen LogP contribution in [0.1, 0.15) is 12.0 Å². The Balaban J connectivity index is 2.61. The van der Waals surface area contributed by atoms with Crippen LogP contribution < -0.4 is 10.5 Å². The minimum Gasteiger partial charge on any atom is -0.406 e. The predicted octanol–water partition coefficient (Wildman–Crippen LogP) is 2.95. The summed E-state index contributed by atoms with van der Waals surface area (Å²) in [5, 5.41) is 0. The summed E-state index contributed by atoms with van der Waals surface area (Å²) in [5.41, 5.74) is 6.10. The number of hydrogen-bond acceptors (Lipinski definition) is 2. The smallest absolute Gasteiger partial charge is 0.406 e. The second kappa shape index (κ2) is 5.55. The molecular formula is C11H12F3NO. The van der Waals surface area contributed by atoms with Crippen molar-refractivity contribution >= 4 is 6.08 Å². The van der Waals surface area contributed by atoms with Gasteiger partial charge < -0.3 is 10.5 Å². The van der Waals surface area contributed by atoms with Crippen LogP contribution in [0.25, 0.3) is 6.08 Å². The van der Waals surface area contributed by atoms with Crippen molar-refractivity contribution < 1.29 is 17.9 Å². The van der Waals surface area contributed by atoms with Crippen LogP contribution in [-0.2, 0) is 0 Å². The lowest BCUT2D eigenvalue weighted by Gasteiger charge is -2.08. The highest BCUT2D eigenvalue weighted by Gasteiger charge is 2.30. The zero-order valence-corrected chi connectivity index (χ0v) is 8.50. The third kappa shape index (κ3) is 4.84. The molecule has 0 heterocycles. The van der Waals surface area contributed by atoms with Gasteiger partial charge in [-0.15, -0.1) is 13.2 Å². The van der Waals surface area contributed by atoms with Gasteiger partial charge in [-0.25, -0.2) is 0 Å². The summed E-state index contributed by atoms with van der Waals surface area (Å²) in [6, 6.07) is 5.65. The Bertz CT molecular complexity index is 343. The second-order valence-corrected chi connectivity index (χ2v) is 3.10. The van der Waals surface area contributed by atoms with Gasteiger partial charge in [0.15, 0.2) is 0 Å². The average molecular weight is 231 g/mol. The van der Waals surface area contributed by atoms with Gasteiger partial charge in [-0.2, -0.15) is 0 Å². The molecule has 0 amide bonds. The fourth-order valence-electron chi connectivity index (χ4n) is 1.10. The van der Waals surface area contributed by atoms with E-state index in [1.807, 2.05) is 6.08 Å². The summed E-state index contributed by atoms with van der Waals surface area (Å²) in [7, 11) is 0. The molecular weight excluding hydrogens is 219 g/mol. The van der Waals surface area contributed by atoms with Crippen LogP contribution in [0.5, 0.6) is 5.75 Å².